The molecule has 0 aliphatic heterocycles. The molecule has 0 aromatic heterocycles. The van der Waals surface area contributed by atoms with Gasteiger partial charge in [0.1, 0.15) is 0 Å². The predicted molar refractivity (Wildman–Crippen MR) is 79.0 cm³/mol. The normalized spacial score (nSPS) is 12.0. The van der Waals surface area contributed by atoms with E-state index < -0.39 is 4.92 Å². The Morgan fingerprint density at radius 3 is 2.55 bits per heavy atom. The summed E-state index contributed by atoms with van der Waals surface area (Å²) in [5, 5.41) is 16.8. The number of nitro groups is 1. The van der Waals surface area contributed by atoms with E-state index in [2.05, 4.69) is 10.6 Å². The predicted octanol–water partition coefficient (Wildman–Crippen LogP) is 2.54. The second kappa shape index (κ2) is 7.00. The number of aryl methyl sites for hydroxylation is 2. The van der Waals surface area contributed by atoms with Crippen molar-refractivity contribution in [1.29, 1.82) is 0 Å². The topological polar surface area (TPSA) is 84.3 Å². The highest BCUT2D eigenvalue weighted by atomic mass is 16.6. The molecule has 1 atom stereocenters. The molecule has 6 heteroatoms. The van der Waals surface area contributed by atoms with Crippen LogP contribution in [0.3, 0.4) is 0 Å². The van der Waals surface area contributed by atoms with Crippen molar-refractivity contribution in [2.24, 2.45) is 0 Å². The maximum Gasteiger partial charge on any atom is 0.272 e. The van der Waals surface area contributed by atoms with E-state index in [9.17, 15) is 14.9 Å². The van der Waals surface area contributed by atoms with Crippen molar-refractivity contribution < 1.29 is 9.72 Å². The molecule has 0 radical (unpaired) electrons. The highest BCUT2D eigenvalue weighted by Gasteiger charge is 2.15. The van der Waals surface area contributed by atoms with Crippen molar-refractivity contribution in [2.45, 2.75) is 40.2 Å². The van der Waals surface area contributed by atoms with E-state index in [-0.39, 0.29) is 17.6 Å². The van der Waals surface area contributed by atoms with Crippen LogP contribution in [0.4, 0.5) is 11.4 Å². The molecule has 110 valence electrons. The van der Waals surface area contributed by atoms with Gasteiger partial charge in [-0.15, -0.1) is 0 Å². The lowest BCUT2D eigenvalue weighted by atomic mass is 10.1. The van der Waals surface area contributed by atoms with Gasteiger partial charge in [0.25, 0.3) is 5.69 Å². The second-order valence-corrected chi connectivity index (χ2v) is 4.92. The standard InChI is InChI=1S/C14H21N3O3/c1-5-15-11(4)8-14(18)16-12-6-10(3)13(17(19)20)7-9(12)2/h6-7,11,15H,5,8H2,1-4H3,(H,16,18). The molecule has 0 saturated heterocycles. The van der Waals surface area contributed by atoms with Gasteiger partial charge in [0.05, 0.1) is 4.92 Å². The van der Waals surface area contributed by atoms with Crippen molar-refractivity contribution in [1.82, 2.24) is 5.32 Å². The first-order valence-corrected chi connectivity index (χ1v) is 6.64. The second-order valence-electron chi connectivity index (χ2n) is 4.92. The number of nitrogens with zero attached hydrogens (tertiary/aromatic N) is 1. The Kier molecular flexibility index (Phi) is 5.64. The van der Waals surface area contributed by atoms with Crippen LogP contribution in [-0.4, -0.2) is 23.4 Å². The molecule has 2 N–H and O–H groups in total. The molecule has 0 spiro atoms. The Labute approximate surface area is 118 Å². The zero-order valence-electron chi connectivity index (χ0n) is 12.3. The number of rotatable bonds is 6. The van der Waals surface area contributed by atoms with Gasteiger partial charge in [-0.1, -0.05) is 6.92 Å². The number of carbonyl (C=O) groups is 1. The Balaban J connectivity index is 2.80. The van der Waals surface area contributed by atoms with E-state index in [1.165, 1.54) is 6.07 Å². The summed E-state index contributed by atoms with van der Waals surface area (Å²) in [5.41, 5.74) is 1.92. The molecule has 6 nitrogen and oxygen atoms in total. The SMILES string of the molecule is CCNC(C)CC(=O)Nc1cc(C)c([N+](=O)[O-])cc1C. The molecule has 1 aromatic rings. The van der Waals surface area contributed by atoms with Gasteiger partial charge in [-0.05, 0) is 38.9 Å². The highest BCUT2D eigenvalue weighted by molar-refractivity contribution is 5.92. The third-order valence-electron chi connectivity index (χ3n) is 3.06. The number of nitro benzene ring substituents is 1. The first-order chi connectivity index (χ1) is 9.35. The van der Waals surface area contributed by atoms with Crippen LogP contribution in [0.5, 0.6) is 0 Å². The largest absolute Gasteiger partial charge is 0.326 e. The fourth-order valence-electron chi connectivity index (χ4n) is 2.03. The van der Waals surface area contributed by atoms with Crippen LogP contribution in [0.2, 0.25) is 0 Å². The van der Waals surface area contributed by atoms with Gasteiger partial charge in [0, 0.05) is 29.8 Å². The summed E-state index contributed by atoms with van der Waals surface area (Å²) in [4.78, 5) is 22.3. The number of nitrogens with one attached hydrogen (secondary N) is 2. The third-order valence-corrected chi connectivity index (χ3v) is 3.06. The molecule has 0 bridgehead atoms. The first-order valence-electron chi connectivity index (χ1n) is 6.64. The van der Waals surface area contributed by atoms with Gasteiger partial charge in [-0.25, -0.2) is 0 Å². The Morgan fingerprint density at radius 1 is 1.35 bits per heavy atom. The monoisotopic (exact) mass is 279 g/mol. The zero-order chi connectivity index (χ0) is 15.3. The van der Waals surface area contributed by atoms with Crippen LogP contribution in [0.15, 0.2) is 12.1 Å². The molecule has 0 aliphatic carbocycles. The fourth-order valence-corrected chi connectivity index (χ4v) is 2.03. The van der Waals surface area contributed by atoms with E-state index in [0.29, 0.717) is 23.2 Å². The van der Waals surface area contributed by atoms with Gasteiger partial charge in [0.2, 0.25) is 5.91 Å². The van der Waals surface area contributed by atoms with Crippen molar-refractivity contribution >= 4 is 17.3 Å². The van der Waals surface area contributed by atoms with Crippen molar-refractivity contribution in [3.8, 4) is 0 Å². The molecular weight excluding hydrogens is 258 g/mol. The third kappa shape index (κ3) is 4.31. The maximum atomic E-state index is 11.9. The lowest BCUT2D eigenvalue weighted by Crippen LogP contribution is -2.30. The summed E-state index contributed by atoms with van der Waals surface area (Å²) in [5.74, 6) is -0.102. The van der Waals surface area contributed by atoms with Gasteiger partial charge in [-0.3, -0.25) is 14.9 Å². The van der Waals surface area contributed by atoms with Crippen molar-refractivity contribution in [3.63, 3.8) is 0 Å². The van der Waals surface area contributed by atoms with E-state index in [0.717, 1.165) is 6.54 Å². The Bertz CT molecular complexity index is 515. The smallest absolute Gasteiger partial charge is 0.272 e. The van der Waals surface area contributed by atoms with Gasteiger partial charge in [-0.2, -0.15) is 0 Å². The van der Waals surface area contributed by atoms with Gasteiger partial charge in [0.15, 0.2) is 0 Å². The number of carbonyl (C=O) groups excluding carboxylic acids is 1. The lowest BCUT2D eigenvalue weighted by molar-refractivity contribution is -0.385. The maximum absolute atomic E-state index is 11.9. The minimum atomic E-state index is -0.415. The van der Waals surface area contributed by atoms with Gasteiger partial charge < -0.3 is 10.6 Å². The van der Waals surface area contributed by atoms with Crippen LogP contribution >= 0.6 is 0 Å². The van der Waals surface area contributed by atoms with Crippen molar-refractivity contribution in [2.75, 3.05) is 11.9 Å². The van der Waals surface area contributed by atoms with E-state index in [1.54, 1.807) is 19.9 Å². The molecular formula is C14H21N3O3. The van der Waals surface area contributed by atoms with Crippen LogP contribution in [0.25, 0.3) is 0 Å². The fraction of sp³-hybridized carbons (Fsp3) is 0.500. The number of amides is 1. The average molecular weight is 279 g/mol. The molecule has 1 amide bonds. The molecule has 0 fully saturated rings. The summed E-state index contributed by atoms with van der Waals surface area (Å²) in [6.45, 7) is 8.14. The summed E-state index contributed by atoms with van der Waals surface area (Å²) in [6, 6.07) is 3.22. The van der Waals surface area contributed by atoms with Crippen LogP contribution < -0.4 is 10.6 Å². The van der Waals surface area contributed by atoms with E-state index >= 15 is 0 Å². The molecule has 1 aromatic carbocycles. The summed E-state index contributed by atoms with van der Waals surface area (Å²) >= 11 is 0. The summed E-state index contributed by atoms with van der Waals surface area (Å²) in [7, 11) is 0. The lowest BCUT2D eigenvalue weighted by Gasteiger charge is -2.13. The molecule has 1 rings (SSSR count). The van der Waals surface area contributed by atoms with Crippen LogP contribution in [0.1, 0.15) is 31.4 Å². The van der Waals surface area contributed by atoms with E-state index in [1.807, 2.05) is 13.8 Å². The average Bonchev–Trinajstić information content (AvgIpc) is 2.33. The molecule has 20 heavy (non-hydrogen) atoms. The number of hydrogen-bond acceptors (Lipinski definition) is 4. The Morgan fingerprint density at radius 2 is 2.00 bits per heavy atom. The number of hydrogen-bond donors (Lipinski definition) is 2. The van der Waals surface area contributed by atoms with Gasteiger partial charge >= 0.3 is 0 Å². The number of anilines is 1. The van der Waals surface area contributed by atoms with Crippen LogP contribution in [0, 0.1) is 24.0 Å². The molecule has 0 saturated carbocycles. The molecule has 0 aliphatic rings. The zero-order valence-corrected chi connectivity index (χ0v) is 12.3. The summed E-state index contributed by atoms with van der Waals surface area (Å²) in [6.07, 6.45) is 0.364. The van der Waals surface area contributed by atoms with Crippen LogP contribution in [-0.2, 0) is 4.79 Å². The molecule has 0 heterocycles. The quantitative estimate of drug-likeness (QED) is 0.619. The number of benzene rings is 1. The first kappa shape index (κ1) is 16.1. The Hall–Kier alpha value is -1.95. The molecule has 1 unspecified atom stereocenters. The minimum Gasteiger partial charge on any atom is -0.326 e. The van der Waals surface area contributed by atoms with E-state index in [4.69, 9.17) is 0 Å². The summed E-state index contributed by atoms with van der Waals surface area (Å²) < 4.78 is 0. The van der Waals surface area contributed by atoms with Crippen molar-refractivity contribution in [3.05, 3.63) is 33.4 Å². The minimum absolute atomic E-state index is 0.0708. The highest BCUT2D eigenvalue weighted by Crippen LogP contribution is 2.26.